The summed E-state index contributed by atoms with van der Waals surface area (Å²) >= 11 is 0. The third-order valence-corrected chi connectivity index (χ3v) is 3.99. The molecule has 2 nitrogen and oxygen atoms in total. The van der Waals surface area contributed by atoms with Crippen LogP contribution in [0.4, 0.5) is 0 Å². The molecule has 0 aliphatic carbocycles. The molecule has 2 aliphatic rings. The standard InChI is InChI=1S/C14H27NO/c1-5-13-12-8-15(10-14(2,3)4)7-6-11(12)9-16-13/h11-13H,5-10H2,1-4H3. The van der Waals surface area contributed by atoms with Crippen LogP contribution in [0.15, 0.2) is 0 Å². The van der Waals surface area contributed by atoms with Gasteiger partial charge in [-0.2, -0.15) is 0 Å². The molecule has 0 radical (unpaired) electrons. The zero-order chi connectivity index (χ0) is 11.8. The molecule has 0 bridgehead atoms. The van der Waals surface area contributed by atoms with Gasteiger partial charge in [-0.3, -0.25) is 0 Å². The van der Waals surface area contributed by atoms with Crippen molar-refractivity contribution in [3.63, 3.8) is 0 Å². The highest BCUT2D eigenvalue weighted by atomic mass is 16.5. The summed E-state index contributed by atoms with van der Waals surface area (Å²) in [6.07, 6.45) is 3.06. The smallest absolute Gasteiger partial charge is 0.0616 e. The van der Waals surface area contributed by atoms with E-state index in [0.29, 0.717) is 11.5 Å². The Bertz CT molecular complexity index is 227. The molecule has 2 heterocycles. The van der Waals surface area contributed by atoms with E-state index in [0.717, 1.165) is 18.4 Å². The molecule has 0 saturated carbocycles. The lowest BCUT2D eigenvalue weighted by Crippen LogP contribution is -2.45. The molecule has 2 rings (SSSR count). The van der Waals surface area contributed by atoms with Crippen molar-refractivity contribution < 1.29 is 4.74 Å². The van der Waals surface area contributed by atoms with E-state index in [1.807, 2.05) is 0 Å². The van der Waals surface area contributed by atoms with Crippen LogP contribution in [-0.2, 0) is 4.74 Å². The van der Waals surface area contributed by atoms with Gasteiger partial charge in [0.1, 0.15) is 0 Å². The van der Waals surface area contributed by atoms with Gasteiger partial charge in [-0.15, -0.1) is 0 Å². The van der Waals surface area contributed by atoms with Crippen LogP contribution >= 0.6 is 0 Å². The highest BCUT2D eigenvalue weighted by Gasteiger charge is 2.40. The Labute approximate surface area is 100 Å². The van der Waals surface area contributed by atoms with Crippen LogP contribution in [0, 0.1) is 17.3 Å². The van der Waals surface area contributed by atoms with Crippen LogP contribution in [0.3, 0.4) is 0 Å². The first-order chi connectivity index (χ1) is 7.49. The number of fused-ring (bicyclic) bond motifs is 1. The van der Waals surface area contributed by atoms with E-state index in [1.165, 1.54) is 32.5 Å². The quantitative estimate of drug-likeness (QED) is 0.716. The maximum absolute atomic E-state index is 5.90. The largest absolute Gasteiger partial charge is 0.378 e. The second-order valence-corrected chi connectivity index (χ2v) is 6.79. The van der Waals surface area contributed by atoms with E-state index in [1.54, 1.807) is 0 Å². The summed E-state index contributed by atoms with van der Waals surface area (Å²) in [6, 6.07) is 0. The Balaban J connectivity index is 1.92. The van der Waals surface area contributed by atoms with Crippen LogP contribution in [0.25, 0.3) is 0 Å². The molecule has 0 amide bonds. The molecule has 2 heteroatoms. The maximum atomic E-state index is 5.90. The highest BCUT2D eigenvalue weighted by molar-refractivity contribution is 4.90. The van der Waals surface area contributed by atoms with E-state index in [2.05, 4.69) is 32.6 Å². The predicted octanol–water partition coefficient (Wildman–Crippen LogP) is 2.78. The Kier molecular flexibility index (Phi) is 3.60. The van der Waals surface area contributed by atoms with Crippen molar-refractivity contribution in [2.45, 2.75) is 46.6 Å². The third-order valence-electron chi connectivity index (χ3n) is 3.99. The molecule has 2 saturated heterocycles. The minimum Gasteiger partial charge on any atom is -0.378 e. The van der Waals surface area contributed by atoms with Gasteiger partial charge in [-0.1, -0.05) is 27.7 Å². The lowest BCUT2D eigenvalue weighted by atomic mass is 9.83. The molecule has 0 spiro atoms. The van der Waals surface area contributed by atoms with Crippen molar-refractivity contribution >= 4 is 0 Å². The van der Waals surface area contributed by atoms with E-state index < -0.39 is 0 Å². The van der Waals surface area contributed by atoms with Gasteiger partial charge in [-0.25, -0.2) is 0 Å². The van der Waals surface area contributed by atoms with Crippen LogP contribution in [-0.4, -0.2) is 37.2 Å². The maximum Gasteiger partial charge on any atom is 0.0616 e. The van der Waals surface area contributed by atoms with Crippen molar-refractivity contribution in [1.82, 2.24) is 4.90 Å². The first-order valence-corrected chi connectivity index (χ1v) is 6.83. The number of ether oxygens (including phenoxy) is 1. The monoisotopic (exact) mass is 225 g/mol. The molecule has 0 aromatic heterocycles. The van der Waals surface area contributed by atoms with Crippen molar-refractivity contribution in [1.29, 1.82) is 0 Å². The fraction of sp³-hybridized carbons (Fsp3) is 1.00. The Morgan fingerprint density at radius 3 is 2.69 bits per heavy atom. The number of piperidine rings is 1. The minimum atomic E-state index is 0.425. The molecule has 0 N–H and O–H groups in total. The van der Waals surface area contributed by atoms with Crippen LogP contribution in [0.2, 0.25) is 0 Å². The van der Waals surface area contributed by atoms with Crippen LogP contribution < -0.4 is 0 Å². The Hall–Kier alpha value is -0.0800. The summed E-state index contributed by atoms with van der Waals surface area (Å²) in [5.74, 6) is 1.65. The van der Waals surface area contributed by atoms with Gasteiger partial charge in [0, 0.05) is 19.0 Å². The summed E-state index contributed by atoms with van der Waals surface area (Å²) in [6.45, 7) is 14.1. The van der Waals surface area contributed by atoms with Crippen molar-refractivity contribution in [2.24, 2.45) is 17.3 Å². The molecular formula is C14H27NO. The van der Waals surface area contributed by atoms with Crippen LogP contribution in [0.5, 0.6) is 0 Å². The van der Waals surface area contributed by atoms with Crippen molar-refractivity contribution in [2.75, 3.05) is 26.2 Å². The normalized spacial score (nSPS) is 36.4. The molecule has 3 unspecified atom stereocenters. The van der Waals surface area contributed by atoms with E-state index in [-0.39, 0.29) is 0 Å². The molecule has 16 heavy (non-hydrogen) atoms. The van der Waals surface area contributed by atoms with Crippen molar-refractivity contribution in [3.8, 4) is 0 Å². The summed E-state index contributed by atoms with van der Waals surface area (Å²) in [7, 11) is 0. The summed E-state index contributed by atoms with van der Waals surface area (Å²) in [5, 5.41) is 0. The topological polar surface area (TPSA) is 12.5 Å². The van der Waals surface area contributed by atoms with E-state index >= 15 is 0 Å². The molecule has 94 valence electrons. The zero-order valence-electron chi connectivity index (χ0n) is 11.3. The Morgan fingerprint density at radius 2 is 2.06 bits per heavy atom. The van der Waals surface area contributed by atoms with E-state index in [9.17, 15) is 0 Å². The first-order valence-electron chi connectivity index (χ1n) is 6.83. The summed E-state index contributed by atoms with van der Waals surface area (Å²) < 4.78 is 5.90. The average molecular weight is 225 g/mol. The number of likely N-dealkylation sites (tertiary alicyclic amines) is 1. The van der Waals surface area contributed by atoms with Gasteiger partial charge in [0.05, 0.1) is 12.7 Å². The van der Waals surface area contributed by atoms with Gasteiger partial charge in [0.15, 0.2) is 0 Å². The third kappa shape index (κ3) is 2.78. The molecule has 3 atom stereocenters. The lowest BCUT2D eigenvalue weighted by Gasteiger charge is -2.39. The molecule has 2 fully saturated rings. The zero-order valence-corrected chi connectivity index (χ0v) is 11.3. The van der Waals surface area contributed by atoms with Crippen molar-refractivity contribution in [3.05, 3.63) is 0 Å². The fourth-order valence-electron chi connectivity index (χ4n) is 3.33. The molecular weight excluding hydrogens is 198 g/mol. The predicted molar refractivity (Wildman–Crippen MR) is 67.5 cm³/mol. The number of rotatable bonds is 2. The summed E-state index contributed by atoms with van der Waals surface area (Å²) in [4.78, 5) is 2.65. The van der Waals surface area contributed by atoms with Gasteiger partial charge < -0.3 is 9.64 Å². The highest BCUT2D eigenvalue weighted by Crippen LogP contribution is 2.36. The van der Waals surface area contributed by atoms with E-state index in [4.69, 9.17) is 4.74 Å². The van der Waals surface area contributed by atoms with Gasteiger partial charge in [0.2, 0.25) is 0 Å². The second-order valence-electron chi connectivity index (χ2n) is 6.79. The Morgan fingerprint density at radius 1 is 1.31 bits per heavy atom. The minimum absolute atomic E-state index is 0.425. The fourth-order valence-corrected chi connectivity index (χ4v) is 3.33. The second kappa shape index (κ2) is 4.66. The SMILES string of the molecule is CCC1OCC2CCN(CC(C)(C)C)CC21. The number of hydrogen-bond acceptors (Lipinski definition) is 2. The molecule has 2 aliphatic heterocycles. The number of nitrogens with zero attached hydrogens (tertiary/aromatic N) is 1. The van der Waals surface area contributed by atoms with Crippen LogP contribution in [0.1, 0.15) is 40.5 Å². The number of hydrogen-bond donors (Lipinski definition) is 0. The molecule has 0 aromatic carbocycles. The van der Waals surface area contributed by atoms with Gasteiger partial charge >= 0.3 is 0 Å². The average Bonchev–Trinajstić information content (AvgIpc) is 2.57. The molecule has 0 aromatic rings. The summed E-state index contributed by atoms with van der Waals surface area (Å²) in [5.41, 5.74) is 0.425. The first kappa shape index (κ1) is 12.4. The van der Waals surface area contributed by atoms with Gasteiger partial charge in [-0.05, 0) is 30.7 Å². The lowest BCUT2D eigenvalue weighted by molar-refractivity contribution is 0.0637. The van der Waals surface area contributed by atoms with Gasteiger partial charge in [0.25, 0.3) is 0 Å².